The zero-order chi connectivity index (χ0) is 10.9. The Balaban J connectivity index is 2.86. The Morgan fingerprint density at radius 1 is 1.50 bits per heavy atom. The van der Waals surface area contributed by atoms with E-state index in [4.69, 9.17) is 10.5 Å². The molecule has 0 bridgehead atoms. The smallest absolute Gasteiger partial charge is 0.339 e. The zero-order valence-electron chi connectivity index (χ0n) is 8.88. The molecule has 0 saturated heterocycles. The van der Waals surface area contributed by atoms with Gasteiger partial charge in [-0.1, -0.05) is 0 Å². The van der Waals surface area contributed by atoms with Gasteiger partial charge >= 0.3 is 5.97 Å². The molecule has 1 rings (SSSR count). The topological polar surface area (TPSA) is 52.3 Å². The van der Waals surface area contributed by atoms with E-state index in [9.17, 15) is 4.79 Å². The molecule has 0 aliphatic rings. The Kier molecular flexibility index (Phi) is 2.85. The van der Waals surface area contributed by atoms with Crippen LogP contribution in [0.2, 0.25) is 0 Å². The van der Waals surface area contributed by atoms with Crippen molar-refractivity contribution in [1.82, 2.24) is 0 Å². The first-order valence-corrected chi connectivity index (χ1v) is 5.26. The second kappa shape index (κ2) is 3.61. The van der Waals surface area contributed by atoms with Crippen LogP contribution < -0.4 is 5.73 Å². The Bertz CT molecular complexity index is 349. The molecule has 0 aliphatic carbocycles. The first-order valence-electron chi connectivity index (χ1n) is 4.38. The molecule has 4 heteroatoms. The van der Waals surface area contributed by atoms with Gasteiger partial charge in [-0.05, 0) is 33.3 Å². The predicted octanol–water partition coefficient (Wildman–Crippen LogP) is 2.59. The summed E-state index contributed by atoms with van der Waals surface area (Å²) in [4.78, 5) is 11.6. The van der Waals surface area contributed by atoms with Crippen LogP contribution in [0.15, 0.2) is 5.38 Å². The molecule has 0 aromatic carbocycles. The van der Waals surface area contributed by atoms with Crippen molar-refractivity contribution in [3.8, 4) is 0 Å². The largest absolute Gasteiger partial charge is 0.456 e. The molecule has 14 heavy (non-hydrogen) atoms. The van der Waals surface area contributed by atoms with E-state index in [1.165, 1.54) is 11.3 Å². The molecule has 1 heterocycles. The summed E-state index contributed by atoms with van der Waals surface area (Å²) >= 11 is 1.36. The van der Waals surface area contributed by atoms with Crippen molar-refractivity contribution in [2.45, 2.75) is 33.3 Å². The molecule has 0 atom stereocenters. The van der Waals surface area contributed by atoms with Crippen LogP contribution in [0.25, 0.3) is 0 Å². The molecule has 0 saturated carbocycles. The molecule has 0 radical (unpaired) electrons. The van der Waals surface area contributed by atoms with Gasteiger partial charge in [0.15, 0.2) is 0 Å². The molecule has 3 nitrogen and oxygen atoms in total. The Labute approximate surface area is 87.9 Å². The second-order valence-corrected chi connectivity index (χ2v) is 5.05. The van der Waals surface area contributed by atoms with E-state index in [1.54, 1.807) is 5.38 Å². The standard InChI is InChI=1S/C10H15NO2S/c1-6-7(5-14-8(6)11)9(12)13-10(2,3)4/h5H,11H2,1-4H3. The number of nitrogens with two attached hydrogens (primary N) is 1. The van der Waals surface area contributed by atoms with Gasteiger partial charge in [0.2, 0.25) is 0 Å². The average molecular weight is 213 g/mol. The lowest BCUT2D eigenvalue weighted by molar-refractivity contribution is 0.00695. The highest BCUT2D eigenvalue weighted by molar-refractivity contribution is 7.14. The lowest BCUT2D eigenvalue weighted by Crippen LogP contribution is -2.24. The molecule has 1 aromatic rings. The molecule has 78 valence electrons. The summed E-state index contributed by atoms with van der Waals surface area (Å²) in [5.74, 6) is -0.303. The third kappa shape index (κ3) is 2.48. The van der Waals surface area contributed by atoms with Gasteiger partial charge in [-0.25, -0.2) is 4.79 Å². The van der Waals surface area contributed by atoms with Crippen molar-refractivity contribution >= 4 is 22.3 Å². The normalized spacial score (nSPS) is 11.4. The summed E-state index contributed by atoms with van der Waals surface area (Å²) < 4.78 is 5.23. The highest BCUT2D eigenvalue weighted by Gasteiger charge is 2.20. The van der Waals surface area contributed by atoms with Crippen LogP contribution >= 0.6 is 11.3 Å². The highest BCUT2D eigenvalue weighted by Crippen LogP contribution is 2.25. The van der Waals surface area contributed by atoms with E-state index in [0.29, 0.717) is 10.6 Å². The number of nitrogen functional groups attached to an aromatic ring is 1. The monoisotopic (exact) mass is 213 g/mol. The van der Waals surface area contributed by atoms with Crippen LogP contribution in [0.5, 0.6) is 0 Å². The van der Waals surface area contributed by atoms with Gasteiger partial charge in [0.25, 0.3) is 0 Å². The van der Waals surface area contributed by atoms with Crippen LogP contribution in [0, 0.1) is 6.92 Å². The van der Waals surface area contributed by atoms with Crippen molar-refractivity contribution in [3.05, 3.63) is 16.5 Å². The van der Waals surface area contributed by atoms with Gasteiger partial charge in [0.05, 0.1) is 10.6 Å². The molecule has 0 fully saturated rings. The maximum absolute atomic E-state index is 11.6. The van der Waals surface area contributed by atoms with Gasteiger partial charge in [-0.3, -0.25) is 0 Å². The zero-order valence-corrected chi connectivity index (χ0v) is 9.70. The third-order valence-electron chi connectivity index (χ3n) is 1.70. The number of esters is 1. The molecular weight excluding hydrogens is 198 g/mol. The number of carbonyl (C=O) groups excluding carboxylic acids is 1. The maximum Gasteiger partial charge on any atom is 0.339 e. The van der Waals surface area contributed by atoms with Crippen LogP contribution in [-0.2, 0) is 4.74 Å². The van der Waals surface area contributed by atoms with Crippen molar-refractivity contribution in [2.24, 2.45) is 0 Å². The summed E-state index contributed by atoms with van der Waals surface area (Å²) in [6.07, 6.45) is 0. The minimum Gasteiger partial charge on any atom is -0.456 e. The first-order chi connectivity index (χ1) is 6.31. The van der Waals surface area contributed by atoms with E-state index in [2.05, 4.69) is 0 Å². The molecule has 0 amide bonds. The van der Waals surface area contributed by atoms with Gasteiger partial charge in [0.1, 0.15) is 5.60 Å². The average Bonchev–Trinajstić information content (AvgIpc) is 2.29. The molecule has 0 aliphatic heterocycles. The number of anilines is 1. The van der Waals surface area contributed by atoms with Crippen LogP contribution in [0.1, 0.15) is 36.7 Å². The minimum absolute atomic E-state index is 0.303. The van der Waals surface area contributed by atoms with Crippen molar-refractivity contribution in [3.63, 3.8) is 0 Å². The van der Waals surface area contributed by atoms with Crippen molar-refractivity contribution < 1.29 is 9.53 Å². The fourth-order valence-electron chi connectivity index (χ4n) is 0.966. The van der Waals surface area contributed by atoms with Crippen LogP contribution in [-0.4, -0.2) is 11.6 Å². The van der Waals surface area contributed by atoms with Gasteiger partial charge in [-0.2, -0.15) is 0 Å². The van der Waals surface area contributed by atoms with Crippen LogP contribution in [0.4, 0.5) is 5.00 Å². The summed E-state index contributed by atoms with van der Waals surface area (Å²) in [5, 5.41) is 2.41. The Hall–Kier alpha value is -1.03. The fourth-order valence-corrected chi connectivity index (χ4v) is 1.77. The van der Waals surface area contributed by atoms with Crippen molar-refractivity contribution in [1.29, 1.82) is 0 Å². The summed E-state index contributed by atoms with van der Waals surface area (Å²) in [5.41, 5.74) is 6.58. The first kappa shape index (κ1) is 11.0. The maximum atomic E-state index is 11.6. The Morgan fingerprint density at radius 3 is 2.43 bits per heavy atom. The van der Waals surface area contributed by atoms with Gasteiger partial charge in [0, 0.05) is 5.38 Å². The lowest BCUT2D eigenvalue weighted by Gasteiger charge is -2.19. The van der Waals surface area contributed by atoms with E-state index in [-0.39, 0.29) is 5.97 Å². The van der Waals surface area contributed by atoms with Gasteiger partial charge < -0.3 is 10.5 Å². The number of hydrogen-bond acceptors (Lipinski definition) is 4. The molecule has 2 N–H and O–H groups in total. The summed E-state index contributed by atoms with van der Waals surface area (Å²) in [7, 11) is 0. The van der Waals surface area contributed by atoms with E-state index in [0.717, 1.165) is 5.56 Å². The summed E-state index contributed by atoms with van der Waals surface area (Å²) in [6.45, 7) is 7.35. The minimum atomic E-state index is -0.458. The molecular formula is C10H15NO2S. The van der Waals surface area contributed by atoms with Crippen molar-refractivity contribution in [2.75, 3.05) is 5.73 Å². The molecule has 0 unspecified atom stereocenters. The number of thiophene rings is 1. The summed E-state index contributed by atoms with van der Waals surface area (Å²) in [6, 6.07) is 0. The van der Waals surface area contributed by atoms with E-state index >= 15 is 0 Å². The Morgan fingerprint density at radius 2 is 2.07 bits per heavy atom. The highest BCUT2D eigenvalue weighted by atomic mass is 32.1. The van der Waals surface area contributed by atoms with E-state index in [1.807, 2.05) is 27.7 Å². The third-order valence-corrected chi connectivity index (χ3v) is 2.61. The number of carbonyl (C=O) groups is 1. The SMILES string of the molecule is Cc1c(C(=O)OC(C)(C)C)csc1N. The lowest BCUT2D eigenvalue weighted by atomic mass is 10.1. The number of rotatable bonds is 1. The quantitative estimate of drug-likeness (QED) is 0.729. The van der Waals surface area contributed by atoms with E-state index < -0.39 is 5.60 Å². The number of ether oxygens (including phenoxy) is 1. The molecule has 1 aromatic heterocycles. The van der Waals surface area contributed by atoms with Gasteiger partial charge in [-0.15, -0.1) is 11.3 Å². The van der Waals surface area contributed by atoms with Crippen LogP contribution in [0.3, 0.4) is 0 Å². The number of hydrogen-bond donors (Lipinski definition) is 1. The predicted molar refractivity (Wildman–Crippen MR) is 58.6 cm³/mol. The second-order valence-electron chi connectivity index (χ2n) is 4.14. The fraction of sp³-hybridized carbons (Fsp3) is 0.500. The molecule has 0 spiro atoms.